The van der Waals surface area contributed by atoms with Gasteiger partial charge in [-0.1, -0.05) is 11.6 Å². The summed E-state index contributed by atoms with van der Waals surface area (Å²) >= 11 is 5.82. The third-order valence-electron chi connectivity index (χ3n) is 3.08. The number of non-ortho nitro benzene ring substituents is 1. The number of carbonyl (C=O) groups excluding carboxylic acids is 1. The van der Waals surface area contributed by atoms with Gasteiger partial charge in [-0.05, 0) is 12.5 Å². The summed E-state index contributed by atoms with van der Waals surface area (Å²) in [5.74, 6) is -0.345. The van der Waals surface area contributed by atoms with Crippen LogP contribution >= 0.6 is 11.6 Å². The van der Waals surface area contributed by atoms with Gasteiger partial charge < -0.3 is 10.1 Å². The molecule has 1 atom stereocenters. The quantitative estimate of drug-likeness (QED) is 0.625. The van der Waals surface area contributed by atoms with E-state index >= 15 is 0 Å². The van der Waals surface area contributed by atoms with Crippen molar-refractivity contribution >= 4 is 33.0 Å². The number of nitro benzene ring substituents is 1. The van der Waals surface area contributed by atoms with E-state index < -0.39 is 26.7 Å². The molecule has 0 aliphatic carbocycles. The minimum atomic E-state index is -3.07. The third kappa shape index (κ3) is 4.31. The van der Waals surface area contributed by atoms with E-state index in [9.17, 15) is 23.3 Å². The molecule has 1 aliphatic rings. The van der Waals surface area contributed by atoms with Crippen LogP contribution in [-0.4, -0.2) is 43.4 Å². The molecule has 0 unspecified atom stereocenters. The number of carbonyl (C=O) groups is 1. The molecule has 1 aromatic rings. The molecule has 0 aromatic heterocycles. The highest BCUT2D eigenvalue weighted by molar-refractivity contribution is 7.91. The lowest BCUT2D eigenvalue weighted by atomic mass is 10.2. The Bertz CT molecular complexity index is 706. The largest absolute Gasteiger partial charge is 0.482 e. The Hall–Kier alpha value is -1.87. The Balaban J connectivity index is 1.88. The fourth-order valence-corrected chi connectivity index (χ4v) is 3.94. The number of halogens is 1. The van der Waals surface area contributed by atoms with Crippen molar-refractivity contribution in [2.45, 2.75) is 12.5 Å². The molecule has 1 fully saturated rings. The van der Waals surface area contributed by atoms with Gasteiger partial charge in [-0.3, -0.25) is 14.9 Å². The summed E-state index contributed by atoms with van der Waals surface area (Å²) in [5.41, 5.74) is -0.182. The van der Waals surface area contributed by atoms with Crippen LogP contribution in [0.25, 0.3) is 0 Å². The normalized spacial score (nSPS) is 19.6. The third-order valence-corrected chi connectivity index (χ3v) is 5.15. The van der Waals surface area contributed by atoms with Gasteiger partial charge in [0.25, 0.3) is 11.6 Å². The van der Waals surface area contributed by atoms with E-state index in [0.717, 1.165) is 6.07 Å². The Kier molecular flexibility index (Phi) is 4.87. The van der Waals surface area contributed by atoms with E-state index in [0.29, 0.717) is 6.42 Å². The van der Waals surface area contributed by atoms with Crippen molar-refractivity contribution in [2.75, 3.05) is 18.1 Å². The zero-order chi connectivity index (χ0) is 16.3. The second kappa shape index (κ2) is 6.49. The predicted molar refractivity (Wildman–Crippen MR) is 78.8 cm³/mol. The maximum Gasteiger partial charge on any atom is 0.271 e. The van der Waals surface area contributed by atoms with Crippen LogP contribution in [-0.2, 0) is 14.6 Å². The molecule has 2 rings (SSSR count). The number of amides is 1. The first-order valence-corrected chi connectivity index (χ1v) is 8.53. The van der Waals surface area contributed by atoms with Crippen molar-refractivity contribution in [1.29, 1.82) is 0 Å². The smallest absolute Gasteiger partial charge is 0.271 e. The lowest BCUT2D eigenvalue weighted by Crippen LogP contribution is -2.38. The Morgan fingerprint density at radius 3 is 2.77 bits per heavy atom. The molecule has 1 N–H and O–H groups in total. The second-order valence-electron chi connectivity index (χ2n) is 4.83. The zero-order valence-electron chi connectivity index (χ0n) is 11.3. The number of hydrogen-bond donors (Lipinski definition) is 1. The van der Waals surface area contributed by atoms with Crippen molar-refractivity contribution in [3.63, 3.8) is 0 Å². The predicted octanol–water partition coefficient (Wildman–Crippen LogP) is 0.930. The molecule has 1 aromatic carbocycles. The van der Waals surface area contributed by atoms with E-state index in [1.54, 1.807) is 0 Å². The van der Waals surface area contributed by atoms with E-state index in [4.69, 9.17) is 16.3 Å². The number of sulfone groups is 1. The van der Waals surface area contributed by atoms with Crippen LogP contribution in [0.15, 0.2) is 18.2 Å². The molecule has 1 heterocycles. The first-order valence-electron chi connectivity index (χ1n) is 6.33. The lowest BCUT2D eigenvalue weighted by Gasteiger charge is -2.12. The standard InChI is InChI=1S/C12H13ClN2O6S/c13-10-5-9(15(17)18)1-2-11(10)21-6-12(16)14-8-3-4-22(19,20)7-8/h1-2,5,8H,3-4,6-7H2,(H,14,16)/t8-/m0/s1. The molecule has 120 valence electrons. The van der Waals surface area contributed by atoms with Gasteiger partial charge in [-0.25, -0.2) is 8.42 Å². The average Bonchev–Trinajstić information content (AvgIpc) is 2.76. The van der Waals surface area contributed by atoms with Gasteiger partial charge in [0, 0.05) is 18.2 Å². The number of nitro groups is 1. The summed E-state index contributed by atoms with van der Waals surface area (Å²) in [7, 11) is -3.07. The number of hydrogen-bond acceptors (Lipinski definition) is 6. The van der Waals surface area contributed by atoms with Gasteiger partial charge in [0.2, 0.25) is 0 Å². The van der Waals surface area contributed by atoms with E-state index in [2.05, 4.69) is 5.32 Å². The number of nitrogens with zero attached hydrogens (tertiary/aromatic N) is 1. The molecule has 22 heavy (non-hydrogen) atoms. The molecule has 0 spiro atoms. The van der Waals surface area contributed by atoms with Crippen LogP contribution in [0.5, 0.6) is 5.75 Å². The van der Waals surface area contributed by atoms with Gasteiger partial charge in [0.15, 0.2) is 16.4 Å². The Morgan fingerprint density at radius 1 is 1.50 bits per heavy atom. The monoisotopic (exact) mass is 348 g/mol. The molecule has 0 saturated carbocycles. The lowest BCUT2D eigenvalue weighted by molar-refractivity contribution is -0.384. The SMILES string of the molecule is O=C(COc1ccc([N+](=O)[O-])cc1Cl)N[C@H]1CCS(=O)(=O)C1. The first-order chi connectivity index (χ1) is 10.3. The highest BCUT2D eigenvalue weighted by Crippen LogP contribution is 2.28. The summed E-state index contributed by atoms with van der Waals surface area (Å²) in [6.07, 6.45) is 0.381. The van der Waals surface area contributed by atoms with Gasteiger partial charge >= 0.3 is 0 Å². The van der Waals surface area contributed by atoms with Crippen molar-refractivity contribution in [3.05, 3.63) is 33.3 Å². The molecule has 1 aliphatic heterocycles. The molecule has 8 nitrogen and oxygen atoms in total. The Labute approximate surface area is 131 Å². The number of benzene rings is 1. The molecule has 1 saturated heterocycles. The van der Waals surface area contributed by atoms with Crippen molar-refractivity contribution < 1.29 is 22.9 Å². The van der Waals surface area contributed by atoms with E-state index in [1.807, 2.05) is 0 Å². The summed E-state index contributed by atoms with van der Waals surface area (Å²) in [4.78, 5) is 21.7. The van der Waals surface area contributed by atoms with Crippen LogP contribution in [0.2, 0.25) is 5.02 Å². The van der Waals surface area contributed by atoms with Crippen LogP contribution < -0.4 is 10.1 Å². The summed E-state index contributed by atoms with van der Waals surface area (Å²) < 4.78 is 27.7. The van der Waals surface area contributed by atoms with Crippen LogP contribution in [0.4, 0.5) is 5.69 Å². The first kappa shape index (κ1) is 16.5. The van der Waals surface area contributed by atoms with Gasteiger partial charge in [-0.2, -0.15) is 0 Å². The summed E-state index contributed by atoms with van der Waals surface area (Å²) in [5, 5.41) is 13.1. The van der Waals surface area contributed by atoms with Crippen LogP contribution in [0.3, 0.4) is 0 Å². The van der Waals surface area contributed by atoms with Gasteiger partial charge in [0.05, 0.1) is 21.5 Å². The van der Waals surface area contributed by atoms with Crippen LogP contribution in [0, 0.1) is 10.1 Å². The van der Waals surface area contributed by atoms with Crippen molar-refractivity contribution in [2.24, 2.45) is 0 Å². The molecular formula is C12H13ClN2O6S. The summed E-state index contributed by atoms with van der Waals surface area (Å²) in [6, 6.07) is 3.22. The fourth-order valence-electron chi connectivity index (χ4n) is 2.04. The molecule has 0 radical (unpaired) electrons. The number of ether oxygens (including phenoxy) is 1. The minimum Gasteiger partial charge on any atom is -0.482 e. The maximum atomic E-state index is 11.7. The molecule has 10 heteroatoms. The van der Waals surface area contributed by atoms with Crippen molar-refractivity contribution in [1.82, 2.24) is 5.32 Å². The highest BCUT2D eigenvalue weighted by Gasteiger charge is 2.28. The second-order valence-corrected chi connectivity index (χ2v) is 7.46. The van der Waals surface area contributed by atoms with Gasteiger partial charge in [-0.15, -0.1) is 0 Å². The number of rotatable bonds is 5. The van der Waals surface area contributed by atoms with Crippen LogP contribution in [0.1, 0.15) is 6.42 Å². The zero-order valence-corrected chi connectivity index (χ0v) is 12.9. The maximum absolute atomic E-state index is 11.7. The topological polar surface area (TPSA) is 116 Å². The Morgan fingerprint density at radius 2 is 2.23 bits per heavy atom. The fraction of sp³-hybridized carbons (Fsp3) is 0.417. The number of nitrogens with one attached hydrogen (secondary N) is 1. The van der Waals surface area contributed by atoms with E-state index in [1.165, 1.54) is 12.1 Å². The molecule has 1 amide bonds. The molecular weight excluding hydrogens is 336 g/mol. The van der Waals surface area contributed by atoms with E-state index in [-0.39, 0.29) is 34.6 Å². The average molecular weight is 349 g/mol. The molecule has 0 bridgehead atoms. The minimum absolute atomic E-state index is 0.0189. The van der Waals surface area contributed by atoms with Gasteiger partial charge in [0.1, 0.15) is 5.75 Å². The highest BCUT2D eigenvalue weighted by atomic mass is 35.5. The van der Waals surface area contributed by atoms with Crippen molar-refractivity contribution in [3.8, 4) is 5.75 Å². The summed E-state index contributed by atoms with van der Waals surface area (Å²) in [6.45, 7) is -0.353.